The van der Waals surface area contributed by atoms with Crippen LogP contribution in [0.1, 0.15) is 25.2 Å². The summed E-state index contributed by atoms with van der Waals surface area (Å²) in [7, 11) is -3.53. The van der Waals surface area contributed by atoms with Crippen molar-refractivity contribution in [1.82, 2.24) is 23.3 Å². The lowest BCUT2D eigenvalue weighted by molar-refractivity contribution is -0.133. The van der Waals surface area contributed by atoms with E-state index in [1.54, 1.807) is 9.58 Å². The van der Waals surface area contributed by atoms with Gasteiger partial charge < -0.3 is 9.64 Å². The van der Waals surface area contributed by atoms with E-state index in [1.165, 1.54) is 8.61 Å². The first kappa shape index (κ1) is 20.2. The fourth-order valence-electron chi connectivity index (χ4n) is 3.71. The van der Waals surface area contributed by atoms with E-state index in [0.717, 1.165) is 11.4 Å². The molecule has 2 atom stereocenters. The summed E-state index contributed by atoms with van der Waals surface area (Å²) >= 11 is 0. The molecule has 1 aromatic heterocycles. The van der Waals surface area contributed by atoms with Crippen molar-refractivity contribution in [2.24, 2.45) is 0 Å². The van der Waals surface area contributed by atoms with Crippen molar-refractivity contribution in [3.05, 3.63) is 17.5 Å². The molecule has 0 unspecified atom stereocenters. The fourth-order valence-corrected chi connectivity index (χ4v) is 5.46. The van der Waals surface area contributed by atoms with Crippen LogP contribution in [0.25, 0.3) is 0 Å². The van der Waals surface area contributed by atoms with Gasteiger partial charge in [-0.2, -0.15) is 22.1 Å². The lowest BCUT2D eigenvalue weighted by Gasteiger charge is -2.40. The summed E-state index contributed by atoms with van der Waals surface area (Å²) in [5.74, 6) is -0.0353. The van der Waals surface area contributed by atoms with Gasteiger partial charge in [0.15, 0.2) is 0 Å². The first-order valence-corrected chi connectivity index (χ1v) is 10.8. The number of ether oxygens (including phenoxy) is 1. The van der Waals surface area contributed by atoms with Crippen LogP contribution < -0.4 is 0 Å². The Balaban J connectivity index is 1.58. The highest BCUT2D eigenvalue weighted by Crippen LogP contribution is 2.19. The molecule has 1 aromatic rings. The molecule has 3 heterocycles. The number of morpholine rings is 1. The van der Waals surface area contributed by atoms with Crippen LogP contribution in [0, 0.1) is 13.8 Å². The van der Waals surface area contributed by atoms with Crippen LogP contribution >= 0.6 is 0 Å². The molecule has 0 bridgehead atoms. The van der Waals surface area contributed by atoms with E-state index in [0.29, 0.717) is 39.3 Å². The molecule has 0 aromatic carbocycles. The molecule has 2 fully saturated rings. The summed E-state index contributed by atoms with van der Waals surface area (Å²) in [5.41, 5.74) is 1.82. The third kappa shape index (κ3) is 4.50. The van der Waals surface area contributed by atoms with Gasteiger partial charge in [0.2, 0.25) is 5.91 Å². The van der Waals surface area contributed by atoms with Gasteiger partial charge in [-0.25, -0.2) is 0 Å². The number of rotatable bonds is 4. The van der Waals surface area contributed by atoms with E-state index in [1.807, 2.05) is 33.8 Å². The molecular formula is C17H29N5O4S. The molecule has 0 radical (unpaired) electrons. The summed E-state index contributed by atoms with van der Waals surface area (Å²) in [6, 6.07) is 1.93. The van der Waals surface area contributed by atoms with Crippen LogP contribution in [0.5, 0.6) is 0 Å². The number of hydrogen-bond donors (Lipinski definition) is 0. The number of amides is 1. The maximum absolute atomic E-state index is 12.9. The minimum absolute atomic E-state index is 0.0353. The Kier molecular flexibility index (Phi) is 5.90. The highest BCUT2D eigenvalue weighted by atomic mass is 32.2. The van der Waals surface area contributed by atoms with Crippen LogP contribution in [0.4, 0.5) is 0 Å². The molecule has 3 rings (SSSR count). The molecule has 2 saturated heterocycles. The van der Waals surface area contributed by atoms with E-state index < -0.39 is 10.2 Å². The van der Waals surface area contributed by atoms with Gasteiger partial charge in [0.05, 0.1) is 17.9 Å². The van der Waals surface area contributed by atoms with Crippen LogP contribution in [0.15, 0.2) is 6.07 Å². The van der Waals surface area contributed by atoms with E-state index in [4.69, 9.17) is 4.74 Å². The topological polar surface area (TPSA) is 88.0 Å². The van der Waals surface area contributed by atoms with Crippen LogP contribution in [0.2, 0.25) is 0 Å². The Bertz CT molecular complexity index is 775. The quantitative estimate of drug-likeness (QED) is 0.711. The zero-order valence-electron chi connectivity index (χ0n) is 16.5. The average molecular weight is 400 g/mol. The molecule has 0 N–H and O–H groups in total. The monoisotopic (exact) mass is 399 g/mol. The second kappa shape index (κ2) is 7.86. The largest absolute Gasteiger partial charge is 0.373 e. The Hall–Kier alpha value is -1.49. The van der Waals surface area contributed by atoms with Gasteiger partial charge >= 0.3 is 0 Å². The third-order valence-electron chi connectivity index (χ3n) is 5.02. The number of carbonyl (C=O) groups excluding carboxylic acids is 1. The molecular weight excluding hydrogens is 370 g/mol. The fraction of sp³-hybridized carbons (Fsp3) is 0.765. The summed E-state index contributed by atoms with van der Waals surface area (Å²) in [6.45, 7) is 9.91. The zero-order valence-corrected chi connectivity index (χ0v) is 17.3. The Morgan fingerprint density at radius 3 is 2.22 bits per heavy atom. The highest BCUT2D eigenvalue weighted by Gasteiger charge is 2.37. The number of aromatic nitrogens is 2. The SMILES string of the molecule is Cc1cc(C)n(CC(=O)N2CCN(S(=O)(=O)N3C[C@H](C)O[C@@H](C)C3)CC2)n1. The third-order valence-corrected chi connectivity index (χ3v) is 6.99. The smallest absolute Gasteiger partial charge is 0.282 e. The standard InChI is InChI=1S/C17H29N5O4S/c1-13-9-14(2)22(18-13)12-17(23)19-5-7-20(8-6-19)27(24,25)21-10-15(3)26-16(4)11-21/h9,15-16H,5-8,10-12H2,1-4H3/t15-,16-/m0/s1. The molecule has 2 aliphatic rings. The van der Waals surface area contributed by atoms with Crippen molar-refractivity contribution in [2.45, 2.75) is 46.4 Å². The van der Waals surface area contributed by atoms with Crippen molar-refractivity contribution in [3.63, 3.8) is 0 Å². The number of nitrogens with zero attached hydrogens (tertiary/aromatic N) is 5. The zero-order chi connectivity index (χ0) is 19.8. The van der Waals surface area contributed by atoms with Crippen molar-refractivity contribution in [3.8, 4) is 0 Å². The van der Waals surface area contributed by atoms with Gasteiger partial charge in [0, 0.05) is 45.0 Å². The summed E-state index contributed by atoms with van der Waals surface area (Å²) in [5, 5.41) is 4.32. The second-order valence-corrected chi connectivity index (χ2v) is 9.38. The normalized spacial score (nSPS) is 25.7. The average Bonchev–Trinajstić information content (AvgIpc) is 2.91. The van der Waals surface area contributed by atoms with Crippen molar-refractivity contribution >= 4 is 16.1 Å². The lowest BCUT2D eigenvalue weighted by atomic mass is 10.3. The molecule has 2 aliphatic heterocycles. The highest BCUT2D eigenvalue weighted by molar-refractivity contribution is 7.86. The minimum Gasteiger partial charge on any atom is -0.373 e. The maximum atomic E-state index is 12.9. The number of aryl methyl sites for hydroxylation is 2. The molecule has 10 heteroatoms. The molecule has 1 amide bonds. The summed E-state index contributed by atoms with van der Waals surface area (Å²) in [4.78, 5) is 14.3. The Labute approximate surface area is 161 Å². The predicted molar refractivity (Wildman–Crippen MR) is 100 cm³/mol. The van der Waals surface area contributed by atoms with Gasteiger partial charge in [-0.15, -0.1) is 0 Å². The molecule has 27 heavy (non-hydrogen) atoms. The van der Waals surface area contributed by atoms with Gasteiger partial charge in [0.1, 0.15) is 6.54 Å². The Morgan fingerprint density at radius 2 is 1.70 bits per heavy atom. The number of piperazine rings is 1. The van der Waals surface area contributed by atoms with Crippen LogP contribution in [0.3, 0.4) is 0 Å². The predicted octanol–water partition coefficient (Wildman–Crippen LogP) is -0.00186. The van der Waals surface area contributed by atoms with E-state index in [-0.39, 0.29) is 24.7 Å². The van der Waals surface area contributed by atoms with E-state index in [9.17, 15) is 13.2 Å². The van der Waals surface area contributed by atoms with Crippen molar-refractivity contribution < 1.29 is 17.9 Å². The maximum Gasteiger partial charge on any atom is 0.282 e. The van der Waals surface area contributed by atoms with E-state index in [2.05, 4.69) is 5.10 Å². The summed E-state index contributed by atoms with van der Waals surface area (Å²) in [6.07, 6.45) is -0.237. The first-order chi connectivity index (χ1) is 12.7. The molecule has 9 nitrogen and oxygen atoms in total. The number of hydrogen-bond acceptors (Lipinski definition) is 5. The van der Waals surface area contributed by atoms with Gasteiger partial charge in [0.25, 0.3) is 10.2 Å². The van der Waals surface area contributed by atoms with Gasteiger partial charge in [-0.1, -0.05) is 0 Å². The van der Waals surface area contributed by atoms with Gasteiger partial charge in [-0.3, -0.25) is 9.48 Å². The lowest BCUT2D eigenvalue weighted by Crippen LogP contribution is -2.57. The van der Waals surface area contributed by atoms with E-state index >= 15 is 0 Å². The van der Waals surface area contributed by atoms with Crippen LogP contribution in [-0.2, 0) is 26.3 Å². The Morgan fingerprint density at radius 1 is 1.11 bits per heavy atom. The van der Waals surface area contributed by atoms with Crippen LogP contribution in [-0.4, -0.2) is 89.1 Å². The first-order valence-electron chi connectivity index (χ1n) is 9.36. The molecule has 0 saturated carbocycles. The van der Waals surface area contributed by atoms with Crippen molar-refractivity contribution in [1.29, 1.82) is 0 Å². The van der Waals surface area contributed by atoms with Gasteiger partial charge in [-0.05, 0) is 33.8 Å². The van der Waals surface area contributed by atoms with Crippen molar-refractivity contribution in [2.75, 3.05) is 39.3 Å². The molecule has 152 valence electrons. The molecule has 0 aliphatic carbocycles. The molecule has 0 spiro atoms. The summed E-state index contributed by atoms with van der Waals surface area (Å²) < 4.78 is 36.1. The number of carbonyl (C=O) groups is 1. The second-order valence-electron chi connectivity index (χ2n) is 7.45. The minimum atomic E-state index is -3.53.